The first-order valence-corrected chi connectivity index (χ1v) is 13.0. The highest BCUT2D eigenvalue weighted by molar-refractivity contribution is 8.08. The third kappa shape index (κ3) is 4.85. The molecule has 0 aromatic heterocycles. The van der Waals surface area contributed by atoms with Crippen molar-refractivity contribution < 1.29 is 14.3 Å². The van der Waals surface area contributed by atoms with Gasteiger partial charge in [-0.25, -0.2) is 9.69 Å². The number of thioether (sulfide) groups is 1. The number of amides is 3. The molecule has 0 N–H and O–H groups in total. The van der Waals surface area contributed by atoms with Gasteiger partial charge < -0.3 is 9.64 Å². The fourth-order valence-electron chi connectivity index (χ4n) is 4.58. The Morgan fingerprint density at radius 1 is 0.811 bits per heavy atom. The molecule has 0 saturated carbocycles. The van der Waals surface area contributed by atoms with Crippen molar-refractivity contribution in [3.8, 4) is 5.75 Å². The molecule has 1 heterocycles. The summed E-state index contributed by atoms with van der Waals surface area (Å²) < 4.78 is 4.41. The minimum atomic E-state index is -0.911. The zero-order chi connectivity index (χ0) is 25.8. The van der Waals surface area contributed by atoms with E-state index in [0.717, 1.165) is 16.7 Å². The van der Waals surface area contributed by atoms with Gasteiger partial charge in [0.25, 0.3) is 5.91 Å². The first-order chi connectivity index (χ1) is 18.0. The summed E-state index contributed by atoms with van der Waals surface area (Å²) in [6.45, 7) is 0.382. The van der Waals surface area contributed by atoms with Gasteiger partial charge in [0.2, 0.25) is 0 Å². The van der Waals surface area contributed by atoms with Gasteiger partial charge in [0, 0.05) is 13.6 Å². The Morgan fingerprint density at radius 3 is 1.97 bits per heavy atom. The van der Waals surface area contributed by atoms with Crippen LogP contribution in [0.2, 0.25) is 0 Å². The number of imide groups is 1. The largest absolute Gasteiger partial charge is 0.497 e. The third-order valence-electron chi connectivity index (χ3n) is 6.55. The lowest BCUT2D eigenvalue weighted by Gasteiger charge is -2.30. The topological polar surface area (TPSA) is 49.9 Å². The smallest absolute Gasteiger partial charge is 0.331 e. The molecule has 5 nitrogen and oxygen atoms in total. The van der Waals surface area contributed by atoms with Gasteiger partial charge in [0.15, 0.2) is 0 Å². The van der Waals surface area contributed by atoms with Crippen molar-refractivity contribution in [2.24, 2.45) is 0 Å². The number of hydrogen-bond acceptors (Lipinski definition) is 4. The number of carbonyl (C=O) groups is 2. The van der Waals surface area contributed by atoms with Crippen LogP contribution in [0.15, 0.2) is 115 Å². The molecule has 37 heavy (non-hydrogen) atoms. The molecule has 0 spiro atoms. The van der Waals surface area contributed by atoms with Gasteiger partial charge in [0.05, 0.1) is 18.0 Å². The van der Waals surface area contributed by atoms with Gasteiger partial charge in [-0.2, -0.15) is 0 Å². The number of benzene rings is 4. The number of methoxy groups -OCH3 is 1. The maximum absolute atomic E-state index is 14.6. The summed E-state index contributed by atoms with van der Waals surface area (Å²) in [5.41, 5.74) is 3.44. The van der Waals surface area contributed by atoms with Gasteiger partial charge in [-0.1, -0.05) is 91.0 Å². The highest BCUT2D eigenvalue weighted by Crippen LogP contribution is 2.71. The van der Waals surface area contributed by atoms with Crippen LogP contribution in [0.4, 0.5) is 10.5 Å². The molecule has 1 saturated heterocycles. The molecule has 1 aliphatic rings. The molecule has 0 aliphatic carbocycles. The lowest BCUT2D eigenvalue weighted by Crippen LogP contribution is -2.49. The van der Waals surface area contributed by atoms with E-state index in [1.807, 2.05) is 91.0 Å². The Labute approximate surface area is 221 Å². The van der Waals surface area contributed by atoms with Crippen molar-refractivity contribution in [2.45, 2.75) is 16.5 Å². The molecule has 0 bridgehead atoms. The van der Waals surface area contributed by atoms with Crippen LogP contribution in [0.1, 0.15) is 21.9 Å². The standard InChI is InChI=1S/C31H28N2O3S/c1-32(22-23-12-6-3-7-13-23)30(35)33(26-18-20-27(36-2)21-19-26)29(34)31(25-16-10-5-11-17-25)28(37-31)24-14-8-4-9-15-24/h3-21,28H,22H2,1-2H3/t28-,31+/m0/s1. The van der Waals surface area contributed by atoms with Crippen LogP contribution in [0.25, 0.3) is 0 Å². The average Bonchev–Trinajstić information content (AvgIpc) is 3.72. The van der Waals surface area contributed by atoms with Crippen LogP contribution in [0.5, 0.6) is 5.75 Å². The van der Waals surface area contributed by atoms with Crippen LogP contribution in [0.3, 0.4) is 0 Å². The van der Waals surface area contributed by atoms with Crippen molar-refractivity contribution in [2.75, 3.05) is 19.1 Å². The highest BCUT2D eigenvalue weighted by atomic mass is 32.2. The summed E-state index contributed by atoms with van der Waals surface area (Å²) in [4.78, 5) is 31.5. The second-order valence-corrected chi connectivity index (χ2v) is 10.3. The number of anilines is 1. The average molecular weight is 509 g/mol. The minimum Gasteiger partial charge on any atom is -0.497 e. The molecule has 6 heteroatoms. The predicted octanol–water partition coefficient (Wildman–Crippen LogP) is 6.66. The maximum atomic E-state index is 14.6. The Kier molecular flexibility index (Phi) is 7.01. The summed E-state index contributed by atoms with van der Waals surface area (Å²) in [7, 11) is 3.31. The molecule has 0 unspecified atom stereocenters. The Bertz CT molecular complexity index is 1360. The SMILES string of the molecule is COc1ccc(N(C(=O)N(C)Cc2ccccc2)C(=O)[C@]2(c3ccccc3)S[C@H]2c2ccccc2)cc1. The van der Waals surface area contributed by atoms with Crippen LogP contribution in [-0.2, 0) is 16.1 Å². The van der Waals surface area contributed by atoms with Crippen LogP contribution in [-0.4, -0.2) is 31.0 Å². The lowest BCUT2D eigenvalue weighted by molar-refractivity contribution is -0.119. The quantitative estimate of drug-likeness (QED) is 0.262. The Morgan fingerprint density at radius 2 is 1.38 bits per heavy atom. The van der Waals surface area contributed by atoms with Crippen molar-refractivity contribution in [1.82, 2.24) is 4.90 Å². The van der Waals surface area contributed by atoms with E-state index in [1.165, 1.54) is 4.90 Å². The first-order valence-electron chi connectivity index (χ1n) is 12.1. The summed E-state index contributed by atoms with van der Waals surface area (Å²) in [6, 6.07) is 36.2. The predicted molar refractivity (Wildman–Crippen MR) is 149 cm³/mol. The van der Waals surface area contributed by atoms with E-state index in [1.54, 1.807) is 55.1 Å². The highest BCUT2D eigenvalue weighted by Gasteiger charge is 2.65. The van der Waals surface area contributed by atoms with E-state index in [2.05, 4.69) is 0 Å². The van der Waals surface area contributed by atoms with Crippen molar-refractivity contribution in [3.05, 3.63) is 132 Å². The van der Waals surface area contributed by atoms with E-state index in [9.17, 15) is 9.59 Å². The third-order valence-corrected chi connectivity index (χ3v) is 8.18. The molecule has 1 fully saturated rings. The van der Waals surface area contributed by atoms with E-state index in [-0.39, 0.29) is 17.2 Å². The fraction of sp³-hybridized carbons (Fsp3) is 0.161. The maximum Gasteiger partial charge on any atom is 0.331 e. The van der Waals surface area contributed by atoms with Crippen LogP contribution >= 0.6 is 11.8 Å². The van der Waals surface area contributed by atoms with E-state index >= 15 is 0 Å². The molecule has 4 aromatic rings. The molecule has 3 amide bonds. The molecular formula is C31H28N2O3S. The van der Waals surface area contributed by atoms with E-state index in [4.69, 9.17) is 4.74 Å². The van der Waals surface area contributed by atoms with Crippen molar-refractivity contribution in [3.63, 3.8) is 0 Å². The number of nitrogens with zero attached hydrogens (tertiary/aromatic N) is 2. The number of ether oxygens (including phenoxy) is 1. The molecule has 4 aromatic carbocycles. The molecule has 186 valence electrons. The van der Waals surface area contributed by atoms with E-state index in [0.29, 0.717) is 18.0 Å². The molecule has 1 aliphatic heterocycles. The van der Waals surface area contributed by atoms with Gasteiger partial charge >= 0.3 is 6.03 Å². The molecular weight excluding hydrogens is 480 g/mol. The van der Waals surface area contributed by atoms with Gasteiger partial charge in [-0.3, -0.25) is 4.79 Å². The monoisotopic (exact) mass is 508 g/mol. The van der Waals surface area contributed by atoms with Crippen LogP contribution in [0, 0.1) is 0 Å². The number of rotatable bonds is 7. The minimum absolute atomic E-state index is 0.100. The summed E-state index contributed by atoms with van der Waals surface area (Å²) >= 11 is 1.58. The molecule has 5 rings (SSSR count). The van der Waals surface area contributed by atoms with Crippen molar-refractivity contribution in [1.29, 1.82) is 0 Å². The van der Waals surface area contributed by atoms with Gasteiger partial charge in [0.1, 0.15) is 10.5 Å². The van der Waals surface area contributed by atoms with E-state index < -0.39 is 4.75 Å². The van der Waals surface area contributed by atoms with Crippen LogP contribution < -0.4 is 9.64 Å². The number of carbonyl (C=O) groups excluding carboxylic acids is 2. The second kappa shape index (κ2) is 10.5. The summed E-state index contributed by atoms with van der Waals surface area (Å²) in [6.07, 6.45) is 0. The second-order valence-electron chi connectivity index (χ2n) is 8.97. The normalized spacial score (nSPS) is 18.1. The first kappa shape index (κ1) is 24.7. The fourth-order valence-corrected chi connectivity index (χ4v) is 6.02. The summed E-state index contributed by atoms with van der Waals surface area (Å²) in [5.74, 6) is 0.398. The van der Waals surface area contributed by atoms with Gasteiger partial charge in [-0.05, 0) is 41.0 Å². The molecule has 0 radical (unpaired) electrons. The number of hydrogen-bond donors (Lipinski definition) is 0. The lowest BCUT2D eigenvalue weighted by atomic mass is 9.90. The van der Waals surface area contributed by atoms with Gasteiger partial charge in [-0.15, -0.1) is 11.8 Å². The zero-order valence-electron chi connectivity index (χ0n) is 20.8. The number of urea groups is 1. The Hall–Kier alpha value is -4.03. The molecule has 2 atom stereocenters. The zero-order valence-corrected chi connectivity index (χ0v) is 21.6. The summed E-state index contributed by atoms with van der Waals surface area (Å²) in [5, 5.41) is -0.100. The van der Waals surface area contributed by atoms with Crippen molar-refractivity contribution >= 4 is 29.4 Å². The Balaban J connectivity index is 1.56.